The Morgan fingerprint density at radius 2 is 2.27 bits per heavy atom. The molecule has 1 fully saturated rings. The van der Waals surface area contributed by atoms with E-state index >= 15 is 0 Å². The summed E-state index contributed by atoms with van der Waals surface area (Å²) in [6, 6.07) is 0. The highest BCUT2D eigenvalue weighted by Gasteiger charge is 2.27. The average Bonchev–Trinajstić information content (AvgIpc) is 3.25. The van der Waals surface area contributed by atoms with Gasteiger partial charge in [0, 0.05) is 63.6 Å². The first-order valence-electron chi connectivity index (χ1n) is 9.38. The summed E-state index contributed by atoms with van der Waals surface area (Å²) in [5, 5.41) is 7.30. The molecule has 2 aromatic heterocycles. The van der Waals surface area contributed by atoms with Crippen LogP contribution >= 0.6 is 0 Å². The molecular formula is C19H29N5O2. The van der Waals surface area contributed by atoms with Crippen molar-refractivity contribution >= 4 is 5.91 Å². The van der Waals surface area contributed by atoms with E-state index in [9.17, 15) is 4.79 Å². The predicted octanol–water partition coefficient (Wildman–Crippen LogP) is 2.21. The number of carbonyl (C=O) groups excluding carboxylic acids is 1. The number of methoxy groups -OCH3 is 1. The van der Waals surface area contributed by atoms with Gasteiger partial charge in [0.2, 0.25) is 5.91 Å². The van der Waals surface area contributed by atoms with E-state index in [1.54, 1.807) is 7.11 Å². The van der Waals surface area contributed by atoms with Crippen LogP contribution in [0.15, 0.2) is 12.4 Å². The number of aromatic amines is 1. The summed E-state index contributed by atoms with van der Waals surface area (Å²) in [6.45, 7) is 7.12. The molecule has 1 N–H and O–H groups in total. The number of rotatable bonds is 7. The molecular weight excluding hydrogens is 330 g/mol. The molecule has 3 heterocycles. The topological polar surface area (TPSA) is 76.0 Å². The molecule has 2 aromatic rings. The smallest absolute Gasteiger partial charge is 0.222 e. The van der Waals surface area contributed by atoms with Gasteiger partial charge in [0.15, 0.2) is 0 Å². The van der Waals surface area contributed by atoms with Crippen LogP contribution in [0.5, 0.6) is 0 Å². The standard InChI is InChI=1S/C19H29N5O2/c1-14-15(2)21-22-17(14)6-7-18(25)24-9-4-5-16(13-24)19-20-8-10-23(19)11-12-26-3/h8,10,16H,4-7,9,11-13H2,1-3H3,(H,21,22)/t16-/m1/s1. The molecule has 26 heavy (non-hydrogen) atoms. The van der Waals surface area contributed by atoms with Crippen molar-refractivity contribution in [2.45, 2.75) is 52.0 Å². The summed E-state index contributed by atoms with van der Waals surface area (Å²) in [5.41, 5.74) is 3.24. The molecule has 0 aliphatic carbocycles. The van der Waals surface area contributed by atoms with E-state index in [-0.39, 0.29) is 5.91 Å². The zero-order valence-electron chi connectivity index (χ0n) is 16.0. The summed E-state index contributed by atoms with van der Waals surface area (Å²) in [7, 11) is 1.71. The zero-order valence-corrected chi connectivity index (χ0v) is 16.0. The minimum atomic E-state index is 0.213. The number of piperidine rings is 1. The van der Waals surface area contributed by atoms with E-state index in [0.29, 0.717) is 25.4 Å². The molecule has 3 rings (SSSR count). The Hall–Kier alpha value is -2.15. The summed E-state index contributed by atoms with van der Waals surface area (Å²) < 4.78 is 7.33. The van der Waals surface area contributed by atoms with Gasteiger partial charge in [-0.1, -0.05) is 0 Å². The zero-order chi connectivity index (χ0) is 18.5. The van der Waals surface area contributed by atoms with Crippen molar-refractivity contribution in [2.24, 2.45) is 0 Å². The van der Waals surface area contributed by atoms with Gasteiger partial charge in [0.1, 0.15) is 5.82 Å². The summed E-state index contributed by atoms with van der Waals surface area (Å²) in [5.74, 6) is 1.58. The van der Waals surface area contributed by atoms with Crippen molar-refractivity contribution in [1.29, 1.82) is 0 Å². The number of hydrogen-bond donors (Lipinski definition) is 1. The monoisotopic (exact) mass is 359 g/mol. The van der Waals surface area contributed by atoms with Crippen LogP contribution in [0.1, 0.15) is 48.0 Å². The maximum absolute atomic E-state index is 12.7. The number of H-pyrrole nitrogens is 1. The van der Waals surface area contributed by atoms with Gasteiger partial charge in [-0.25, -0.2) is 4.98 Å². The molecule has 0 saturated carbocycles. The van der Waals surface area contributed by atoms with E-state index in [1.165, 1.54) is 0 Å². The molecule has 1 aliphatic rings. The third-order valence-electron chi connectivity index (χ3n) is 5.35. The number of nitrogens with zero attached hydrogens (tertiary/aromatic N) is 4. The average molecular weight is 359 g/mol. The van der Waals surface area contributed by atoms with Gasteiger partial charge in [-0.15, -0.1) is 0 Å². The lowest BCUT2D eigenvalue weighted by Crippen LogP contribution is -2.40. The fourth-order valence-electron chi connectivity index (χ4n) is 3.64. The first-order chi connectivity index (χ1) is 12.6. The van der Waals surface area contributed by atoms with Crippen LogP contribution in [0.3, 0.4) is 0 Å². The Kier molecular flexibility index (Phi) is 6.08. The first kappa shape index (κ1) is 18.6. The largest absolute Gasteiger partial charge is 0.383 e. The van der Waals surface area contributed by atoms with E-state index in [4.69, 9.17) is 4.74 Å². The molecule has 0 radical (unpaired) electrons. The van der Waals surface area contributed by atoms with Crippen molar-refractivity contribution in [1.82, 2.24) is 24.6 Å². The molecule has 0 aromatic carbocycles. The van der Waals surface area contributed by atoms with Gasteiger partial charge < -0.3 is 14.2 Å². The second kappa shape index (κ2) is 8.49. The number of aromatic nitrogens is 4. The second-order valence-electron chi connectivity index (χ2n) is 7.07. The Labute approximate surface area is 154 Å². The Bertz CT molecular complexity index is 736. The predicted molar refractivity (Wildman–Crippen MR) is 99.0 cm³/mol. The molecule has 1 aliphatic heterocycles. The van der Waals surface area contributed by atoms with Gasteiger partial charge in [-0.2, -0.15) is 5.10 Å². The molecule has 1 saturated heterocycles. The number of imidazole rings is 1. The molecule has 1 atom stereocenters. The third-order valence-corrected chi connectivity index (χ3v) is 5.35. The van der Waals surface area contributed by atoms with Gasteiger partial charge in [0.25, 0.3) is 0 Å². The lowest BCUT2D eigenvalue weighted by molar-refractivity contribution is -0.132. The van der Waals surface area contributed by atoms with Crippen molar-refractivity contribution in [3.8, 4) is 0 Å². The Balaban J connectivity index is 1.58. The van der Waals surface area contributed by atoms with Crippen LogP contribution in [0.2, 0.25) is 0 Å². The molecule has 0 unspecified atom stereocenters. The van der Waals surface area contributed by atoms with Crippen molar-refractivity contribution in [2.75, 3.05) is 26.8 Å². The Morgan fingerprint density at radius 1 is 1.42 bits per heavy atom. The van der Waals surface area contributed by atoms with Crippen molar-refractivity contribution in [3.05, 3.63) is 35.2 Å². The number of amides is 1. The fraction of sp³-hybridized carbons (Fsp3) is 0.632. The highest BCUT2D eigenvalue weighted by Crippen LogP contribution is 2.26. The Morgan fingerprint density at radius 3 is 3.00 bits per heavy atom. The minimum Gasteiger partial charge on any atom is -0.383 e. The summed E-state index contributed by atoms with van der Waals surface area (Å²) in [6.07, 6.45) is 7.14. The van der Waals surface area contributed by atoms with Crippen LogP contribution < -0.4 is 0 Å². The SMILES string of the molecule is COCCn1ccnc1[C@@H]1CCCN(C(=O)CCc2n[nH]c(C)c2C)C1. The van der Waals surface area contributed by atoms with Gasteiger partial charge in [0.05, 0.1) is 12.3 Å². The normalized spacial score (nSPS) is 17.7. The fourth-order valence-corrected chi connectivity index (χ4v) is 3.64. The van der Waals surface area contributed by atoms with E-state index in [0.717, 1.165) is 55.3 Å². The highest BCUT2D eigenvalue weighted by molar-refractivity contribution is 5.76. The van der Waals surface area contributed by atoms with Crippen LogP contribution in [0.4, 0.5) is 0 Å². The van der Waals surface area contributed by atoms with Gasteiger partial charge in [-0.05, 0) is 32.3 Å². The van der Waals surface area contributed by atoms with Gasteiger partial charge >= 0.3 is 0 Å². The number of ether oxygens (including phenoxy) is 1. The van der Waals surface area contributed by atoms with Crippen LogP contribution in [0.25, 0.3) is 0 Å². The number of carbonyl (C=O) groups is 1. The third kappa shape index (κ3) is 4.15. The van der Waals surface area contributed by atoms with Crippen molar-refractivity contribution < 1.29 is 9.53 Å². The maximum atomic E-state index is 12.7. The quantitative estimate of drug-likeness (QED) is 0.822. The number of likely N-dealkylation sites (tertiary alicyclic amines) is 1. The number of nitrogens with one attached hydrogen (secondary N) is 1. The lowest BCUT2D eigenvalue weighted by Gasteiger charge is -2.32. The van der Waals surface area contributed by atoms with Crippen LogP contribution in [-0.2, 0) is 22.5 Å². The summed E-state index contributed by atoms with van der Waals surface area (Å²) >= 11 is 0. The number of hydrogen-bond acceptors (Lipinski definition) is 4. The van der Waals surface area contributed by atoms with Crippen LogP contribution in [-0.4, -0.2) is 57.4 Å². The van der Waals surface area contributed by atoms with Crippen LogP contribution in [0, 0.1) is 13.8 Å². The van der Waals surface area contributed by atoms with Crippen molar-refractivity contribution in [3.63, 3.8) is 0 Å². The number of aryl methyl sites for hydroxylation is 2. The minimum absolute atomic E-state index is 0.213. The molecule has 142 valence electrons. The molecule has 0 spiro atoms. The molecule has 7 heteroatoms. The molecule has 1 amide bonds. The van der Waals surface area contributed by atoms with E-state index in [2.05, 4.69) is 26.7 Å². The van der Waals surface area contributed by atoms with E-state index < -0.39 is 0 Å². The molecule has 7 nitrogen and oxygen atoms in total. The molecule has 0 bridgehead atoms. The second-order valence-corrected chi connectivity index (χ2v) is 7.07. The van der Waals surface area contributed by atoms with E-state index in [1.807, 2.05) is 24.2 Å². The lowest BCUT2D eigenvalue weighted by atomic mass is 9.96. The maximum Gasteiger partial charge on any atom is 0.222 e. The summed E-state index contributed by atoms with van der Waals surface area (Å²) in [4.78, 5) is 19.3. The van der Waals surface area contributed by atoms with Gasteiger partial charge in [-0.3, -0.25) is 9.89 Å². The highest BCUT2D eigenvalue weighted by atomic mass is 16.5. The first-order valence-corrected chi connectivity index (χ1v) is 9.38.